The van der Waals surface area contributed by atoms with Gasteiger partial charge in [-0.15, -0.1) is 0 Å². The molecule has 0 aliphatic carbocycles. The highest BCUT2D eigenvalue weighted by atomic mass is 16.1. The van der Waals surface area contributed by atoms with Crippen LogP contribution in [0, 0.1) is 0 Å². The number of nitrogens with one attached hydrogen (secondary N) is 1. The molecule has 2 atom stereocenters. The summed E-state index contributed by atoms with van der Waals surface area (Å²) in [6.45, 7) is 5.94. The maximum atomic E-state index is 10.5. The van der Waals surface area contributed by atoms with Crippen molar-refractivity contribution in [2.75, 3.05) is 13.1 Å². The monoisotopic (exact) mass is 142 g/mol. The second-order valence-corrected chi connectivity index (χ2v) is 2.91. The first-order valence-corrected chi connectivity index (χ1v) is 3.69. The summed E-state index contributed by atoms with van der Waals surface area (Å²) in [4.78, 5) is 12.3. The average molecular weight is 142 g/mol. The number of carbonyl (C=O) groups excluding carboxylic acids is 1. The smallest absolute Gasteiger partial charge is 0.210 e. The molecule has 10 heavy (non-hydrogen) atoms. The third kappa shape index (κ3) is 1.29. The van der Waals surface area contributed by atoms with Gasteiger partial charge in [-0.1, -0.05) is 0 Å². The van der Waals surface area contributed by atoms with Gasteiger partial charge in [0.25, 0.3) is 0 Å². The van der Waals surface area contributed by atoms with Gasteiger partial charge in [-0.3, -0.25) is 4.79 Å². The van der Waals surface area contributed by atoms with E-state index in [9.17, 15) is 4.79 Å². The molecule has 1 N–H and O–H groups in total. The summed E-state index contributed by atoms with van der Waals surface area (Å²) in [6.07, 6.45) is 0.941. The average Bonchev–Trinajstić information content (AvgIpc) is 1.88. The van der Waals surface area contributed by atoms with E-state index < -0.39 is 0 Å². The number of rotatable bonds is 1. The van der Waals surface area contributed by atoms with Crippen LogP contribution in [0.2, 0.25) is 0 Å². The van der Waals surface area contributed by atoms with Crippen molar-refractivity contribution in [1.82, 2.24) is 10.2 Å². The summed E-state index contributed by atoms with van der Waals surface area (Å²) in [5.74, 6) is 0. The van der Waals surface area contributed by atoms with Crippen molar-refractivity contribution < 1.29 is 4.79 Å². The molecule has 1 saturated heterocycles. The molecule has 0 aromatic rings. The van der Waals surface area contributed by atoms with Crippen LogP contribution < -0.4 is 5.32 Å². The van der Waals surface area contributed by atoms with Gasteiger partial charge in [-0.25, -0.2) is 0 Å². The second-order valence-electron chi connectivity index (χ2n) is 2.91. The quantitative estimate of drug-likeness (QED) is 0.515. The van der Waals surface area contributed by atoms with Crippen LogP contribution in [0.1, 0.15) is 13.8 Å². The van der Waals surface area contributed by atoms with Crippen molar-refractivity contribution in [3.05, 3.63) is 0 Å². The molecule has 1 unspecified atom stereocenters. The largest absolute Gasteiger partial charge is 0.337 e. The summed E-state index contributed by atoms with van der Waals surface area (Å²) in [7, 11) is 0. The molecule has 0 aromatic heterocycles. The lowest BCUT2D eigenvalue weighted by atomic mass is 10.1. The van der Waals surface area contributed by atoms with Crippen LogP contribution in [0.4, 0.5) is 0 Å². The Bertz CT molecular complexity index is 117. The van der Waals surface area contributed by atoms with Crippen LogP contribution in [-0.2, 0) is 4.79 Å². The van der Waals surface area contributed by atoms with Crippen molar-refractivity contribution in [2.24, 2.45) is 0 Å². The normalized spacial score (nSPS) is 34.0. The highest BCUT2D eigenvalue weighted by Gasteiger charge is 2.21. The number of nitrogens with zero attached hydrogens (tertiary/aromatic N) is 1. The summed E-state index contributed by atoms with van der Waals surface area (Å²) < 4.78 is 0. The Kier molecular flexibility index (Phi) is 2.27. The number of piperazine rings is 1. The second kappa shape index (κ2) is 3.01. The molecule has 3 heteroatoms. The third-order valence-corrected chi connectivity index (χ3v) is 2.02. The van der Waals surface area contributed by atoms with E-state index in [1.807, 2.05) is 4.90 Å². The zero-order valence-electron chi connectivity index (χ0n) is 6.50. The molecule has 0 aromatic carbocycles. The van der Waals surface area contributed by atoms with Crippen molar-refractivity contribution >= 4 is 6.41 Å². The molecule has 3 nitrogen and oxygen atoms in total. The van der Waals surface area contributed by atoms with Crippen molar-refractivity contribution in [1.29, 1.82) is 0 Å². The molecular formula is C7H14N2O. The zero-order valence-corrected chi connectivity index (χ0v) is 6.50. The predicted octanol–water partition coefficient (Wildman–Crippen LogP) is -0.175. The Morgan fingerprint density at radius 3 is 2.20 bits per heavy atom. The van der Waals surface area contributed by atoms with Crippen LogP contribution in [0.3, 0.4) is 0 Å². The predicted molar refractivity (Wildman–Crippen MR) is 39.7 cm³/mol. The molecule has 0 spiro atoms. The lowest BCUT2D eigenvalue weighted by molar-refractivity contribution is -0.122. The van der Waals surface area contributed by atoms with E-state index in [0.717, 1.165) is 19.5 Å². The van der Waals surface area contributed by atoms with E-state index in [0.29, 0.717) is 12.1 Å². The molecule has 0 saturated carbocycles. The number of hydrogen-bond donors (Lipinski definition) is 1. The van der Waals surface area contributed by atoms with E-state index >= 15 is 0 Å². The first-order chi connectivity index (χ1) is 4.75. The Morgan fingerprint density at radius 1 is 1.40 bits per heavy atom. The molecule has 1 rings (SSSR count). The Labute approximate surface area is 61.4 Å². The van der Waals surface area contributed by atoms with Gasteiger partial charge in [0.15, 0.2) is 0 Å². The molecule has 1 amide bonds. The summed E-state index contributed by atoms with van der Waals surface area (Å²) in [6, 6.07) is 0.697. The fourth-order valence-corrected chi connectivity index (χ4v) is 1.35. The molecular weight excluding hydrogens is 128 g/mol. The number of carbonyl (C=O) groups is 1. The fourth-order valence-electron chi connectivity index (χ4n) is 1.35. The van der Waals surface area contributed by atoms with Crippen LogP contribution in [-0.4, -0.2) is 36.5 Å². The third-order valence-electron chi connectivity index (χ3n) is 2.02. The van der Waals surface area contributed by atoms with E-state index in [4.69, 9.17) is 0 Å². The minimum atomic E-state index is 0.348. The molecule has 0 radical (unpaired) electrons. The van der Waals surface area contributed by atoms with E-state index in [2.05, 4.69) is 19.2 Å². The van der Waals surface area contributed by atoms with Gasteiger partial charge in [0, 0.05) is 25.2 Å². The summed E-state index contributed by atoms with van der Waals surface area (Å²) >= 11 is 0. The molecule has 1 aliphatic rings. The van der Waals surface area contributed by atoms with Crippen molar-refractivity contribution in [2.45, 2.75) is 25.9 Å². The van der Waals surface area contributed by atoms with Crippen molar-refractivity contribution in [3.63, 3.8) is 0 Å². The van der Waals surface area contributed by atoms with Gasteiger partial charge in [0.05, 0.1) is 0 Å². The molecule has 58 valence electrons. The zero-order chi connectivity index (χ0) is 7.56. The van der Waals surface area contributed by atoms with Crippen LogP contribution >= 0.6 is 0 Å². The van der Waals surface area contributed by atoms with E-state index in [-0.39, 0.29) is 0 Å². The highest BCUT2D eigenvalue weighted by Crippen LogP contribution is 2.05. The van der Waals surface area contributed by atoms with Gasteiger partial charge in [0.1, 0.15) is 0 Å². The highest BCUT2D eigenvalue weighted by molar-refractivity contribution is 5.48. The lowest BCUT2D eigenvalue weighted by Crippen LogP contribution is -2.54. The Morgan fingerprint density at radius 2 is 1.90 bits per heavy atom. The van der Waals surface area contributed by atoms with Gasteiger partial charge >= 0.3 is 0 Å². The summed E-state index contributed by atoms with van der Waals surface area (Å²) in [5, 5.41) is 3.25. The molecule has 0 bridgehead atoms. The minimum Gasteiger partial charge on any atom is -0.337 e. The van der Waals surface area contributed by atoms with Gasteiger partial charge in [-0.2, -0.15) is 0 Å². The molecule has 1 aliphatic heterocycles. The van der Waals surface area contributed by atoms with Gasteiger partial charge < -0.3 is 10.2 Å². The molecule has 1 heterocycles. The molecule has 1 fully saturated rings. The van der Waals surface area contributed by atoms with Gasteiger partial charge in [-0.05, 0) is 13.8 Å². The standard InChI is InChI=1S/C7H14N2O/c1-6-3-8-4-7(2)9(6)5-10/h5-8H,3-4H2,1-2H3/t6-,7?/m0/s1. The van der Waals surface area contributed by atoms with Crippen LogP contribution in [0.25, 0.3) is 0 Å². The number of hydrogen-bond acceptors (Lipinski definition) is 2. The first-order valence-electron chi connectivity index (χ1n) is 3.69. The Balaban J connectivity index is 2.53. The van der Waals surface area contributed by atoms with E-state index in [1.54, 1.807) is 0 Å². The maximum Gasteiger partial charge on any atom is 0.210 e. The lowest BCUT2D eigenvalue weighted by Gasteiger charge is -2.36. The van der Waals surface area contributed by atoms with Gasteiger partial charge in [0.2, 0.25) is 6.41 Å². The first kappa shape index (κ1) is 7.54. The minimum absolute atomic E-state index is 0.348. The van der Waals surface area contributed by atoms with Crippen LogP contribution in [0.5, 0.6) is 0 Å². The summed E-state index contributed by atoms with van der Waals surface area (Å²) in [5.41, 5.74) is 0. The van der Waals surface area contributed by atoms with Crippen molar-refractivity contribution in [3.8, 4) is 0 Å². The maximum absolute atomic E-state index is 10.5. The Hall–Kier alpha value is -0.570. The van der Waals surface area contributed by atoms with Crippen LogP contribution in [0.15, 0.2) is 0 Å². The SMILES string of the molecule is CC1CNC[C@H](C)N1C=O. The fraction of sp³-hybridized carbons (Fsp3) is 0.857. The topological polar surface area (TPSA) is 32.3 Å². The van der Waals surface area contributed by atoms with E-state index in [1.165, 1.54) is 0 Å². The number of amides is 1.